The van der Waals surface area contributed by atoms with Crippen molar-refractivity contribution in [3.05, 3.63) is 29.8 Å². The summed E-state index contributed by atoms with van der Waals surface area (Å²) in [6.45, 7) is 10.3. The molecular formula is C17H27NO3. The van der Waals surface area contributed by atoms with E-state index in [1.165, 1.54) is 0 Å². The number of carbonyl (C=O) groups excluding carboxylic acids is 1. The van der Waals surface area contributed by atoms with Gasteiger partial charge in [0.1, 0.15) is 5.75 Å². The van der Waals surface area contributed by atoms with Crippen LogP contribution in [0.2, 0.25) is 0 Å². The molecule has 0 saturated carbocycles. The lowest BCUT2D eigenvalue weighted by atomic mass is 10.1. The van der Waals surface area contributed by atoms with Crippen molar-refractivity contribution in [2.24, 2.45) is 0 Å². The quantitative estimate of drug-likeness (QED) is 0.840. The van der Waals surface area contributed by atoms with Gasteiger partial charge in [0, 0.05) is 18.7 Å². The molecule has 4 heteroatoms. The van der Waals surface area contributed by atoms with Crippen molar-refractivity contribution >= 4 is 5.91 Å². The van der Waals surface area contributed by atoms with Gasteiger partial charge in [-0.1, -0.05) is 6.92 Å². The van der Waals surface area contributed by atoms with Gasteiger partial charge in [-0.25, -0.2) is 0 Å². The molecule has 0 saturated heterocycles. The van der Waals surface area contributed by atoms with Gasteiger partial charge in [-0.05, 0) is 58.4 Å². The Morgan fingerprint density at radius 2 is 1.86 bits per heavy atom. The average Bonchev–Trinajstić information content (AvgIpc) is 2.43. The Balaban J connectivity index is 2.78. The van der Waals surface area contributed by atoms with E-state index in [1.807, 2.05) is 26.0 Å². The number of ether oxygens (including phenoxy) is 1. The van der Waals surface area contributed by atoms with Gasteiger partial charge >= 0.3 is 0 Å². The molecule has 0 aromatic heterocycles. The van der Waals surface area contributed by atoms with Crippen LogP contribution in [0.5, 0.6) is 5.75 Å². The summed E-state index contributed by atoms with van der Waals surface area (Å²) in [5.74, 6) is 0.696. The molecule has 0 fully saturated rings. The molecule has 4 nitrogen and oxygen atoms in total. The lowest BCUT2D eigenvalue weighted by Crippen LogP contribution is -2.42. The topological polar surface area (TPSA) is 49.8 Å². The Kier molecular flexibility index (Phi) is 6.21. The molecule has 0 heterocycles. The number of amides is 1. The van der Waals surface area contributed by atoms with E-state index in [4.69, 9.17) is 4.74 Å². The first-order chi connectivity index (χ1) is 9.76. The molecule has 0 bridgehead atoms. The summed E-state index contributed by atoms with van der Waals surface area (Å²) < 4.78 is 5.70. The zero-order valence-corrected chi connectivity index (χ0v) is 13.7. The Hall–Kier alpha value is -1.55. The van der Waals surface area contributed by atoms with Crippen LogP contribution in [0.3, 0.4) is 0 Å². The van der Waals surface area contributed by atoms with Gasteiger partial charge in [0.15, 0.2) is 0 Å². The number of likely N-dealkylation sites (N-methyl/N-ethyl adjacent to an activating group) is 1. The van der Waals surface area contributed by atoms with E-state index in [0.717, 1.165) is 12.2 Å². The van der Waals surface area contributed by atoms with Crippen LogP contribution in [0.25, 0.3) is 0 Å². The maximum Gasteiger partial charge on any atom is 0.253 e. The van der Waals surface area contributed by atoms with Crippen LogP contribution in [0.15, 0.2) is 24.3 Å². The third kappa shape index (κ3) is 5.76. The molecule has 1 amide bonds. The second-order valence-electron chi connectivity index (χ2n) is 5.99. The van der Waals surface area contributed by atoms with Crippen molar-refractivity contribution in [1.29, 1.82) is 0 Å². The molecule has 118 valence electrons. The summed E-state index contributed by atoms with van der Waals surface area (Å²) in [7, 11) is 0. The molecule has 0 spiro atoms. The summed E-state index contributed by atoms with van der Waals surface area (Å²) in [5, 5.41) is 9.87. The van der Waals surface area contributed by atoms with E-state index in [-0.39, 0.29) is 12.0 Å². The number of nitrogens with zero attached hydrogens (tertiary/aromatic N) is 1. The average molecular weight is 293 g/mol. The monoisotopic (exact) mass is 293 g/mol. The second-order valence-corrected chi connectivity index (χ2v) is 5.99. The van der Waals surface area contributed by atoms with Crippen LogP contribution in [0.4, 0.5) is 0 Å². The van der Waals surface area contributed by atoms with E-state index in [9.17, 15) is 9.90 Å². The van der Waals surface area contributed by atoms with Gasteiger partial charge in [0.25, 0.3) is 5.91 Å². The molecule has 0 aliphatic heterocycles. The molecule has 1 unspecified atom stereocenters. The summed E-state index contributed by atoms with van der Waals surface area (Å²) in [6, 6.07) is 7.18. The highest BCUT2D eigenvalue weighted by Crippen LogP contribution is 2.17. The lowest BCUT2D eigenvalue weighted by molar-refractivity contribution is 0.0314. The van der Waals surface area contributed by atoms with Crippen molar-refractivity contribution < 1.29 is 14.6 Å². The van der Waals surface area contributed by atoms with Crippen molar-refractivity contribution in [2.75, 3.05) is 13.1 Å². The SMILES string of the molecule is CCC(C)Oc1ccc(C(=O)N(CC)CC(C)(C)O)cc1. The fourth-order valence-electron chi connectivity index (χ4n) is 1.97. The number of benzene rings is 1. The van der Waals surface area contributed by atoms with Crippen molar-refractivity contribution in [2.45, 2.75) is 52.7 Å². The predicted octanol–water partition coefficient (Wildman–Crippen LogP) is 3.10. The molecule has 1 aromatic carbocycles. The zero-order chi connectivity index (χ0) is 16.0. The lowest BCUT2D eigenvalue weighted by Gasteiger charge is -2.28. The molecule has 0 aliphatic rings. The Labute approximate surface area is 127 Å². The number of aliphatic hydroxyl groups is 1. The van der Waals surface area contributed by atoms with E-state index in [2.05, 4.69) is 6.92 Å². The standard InChI is InChI=1S/C17H27NO3/c1-6-13(3)21-15-10-8-14(9-11-15)16(19)18(7-2)12-17(4,5)20/h8-11,13,20H,6-7,12H2,1-5H3. The highest BCUT2D eigenvalue weighted by molar-refractivity contribution is 5.94. The number of hydrogen-bond acceptors (Lipinski definition) is 3. The van der Waals surface area contributed by atoms with Gasteiger partial charge < -0.3 is 14.7 Å². The third-order valence-electron chi connectivity index (χ3n) is 3.26. The fourth-order valence-corrected chi connectivity index (χ4v) is 1.97. The smallest absolute Gasteiger partial charge is 0.253 e. The van der Waals surface area contributed by atoms with Crippen molar-refractivity contribution in [3.63, 3.8) is 0 Å². The van der Waals surface area contributed by atoms with Crippen LogP contribution in [0.1, 0.15) is 51.4 Å². The van der Waals surface area contributed by atoms with E-state index < -0.39 is 5.60 Å². The molecule has 1 atom stereocenters. The molecule has 1 N–H and O–H groups in total. The molecule has 1 aromatic rings. The first kappa shape index (κ1) is 17.5. The predicted molar refractivity (Wildman–Crippen MR) is 84.7 cm³/mol. The first-order valence-electron chi connectivity index (χ1n) is 7.55. The highest BCUT2D eigenvalue weighted by Gasteiger charge is 2.22. The van der Waals surface area contributed by atoms with E-state index >= 15 is 0 Å². The molecular weight excluding hydrogens is 266 g/mol. The molecule has 1 rings (SSSR count). The van der Waals surface area contributed by atoms with Crippen LogP contribution in [-0.2, 0) is 0 Å². The summed E-state index contributed by atoms with van der Waals surface area (Å²) >= 11 is 0. The van der Waals surface area contributed by atoms with Gasteiger partial charge in [-0.3, -0.25) is 4.79 Å². The Morgan fingerprint density at radius 1 is 1.29 bits per heavy atom. The molecule has 0 aliphatic carbocycles. The van der Waals surface area contributed by atoms with Crippen LogP contribution < -0.4 is 4.74 Å². The van der Waals surface area contributed by atoms with Gasteiger partial charge in [0.05, 0.1) is 11.7 Å². The highest BCUT2D eigenvalue weighted by atomic mass is 16.5. The third-order valence-corrected chi connectivity index (χ3v) is 3.26. The maximum absolute atomic E-state index is 12.4. The number of hydrogen-bond donors (Lipinski definition) is 1. The van der Waals surface area contributed by atoms with Crippen molar-refractivity contribution in [1.82, 2.24) is 4.90 Å². The minimum atomic E-state index is -0.898. The van der Waals surface area contributed by atoms with Crippen LogP contribution >= 0.6 is 0 Å². The first-order valence-corrected chi connectivity index (χ1v) is 7.55. The normalized spacial score (nSPS) is 12.9. The fraction of sp³-hybridized carbons (Fsp3) is 0.588. The minimum absolute atomic E-state index is 0.0743. The van der Waals surface area contributed by atoms with E-state index in [1.54, 1.807) is 30.9 Å². The van der Waals surface area contributed by atoms with Crippen LogP contribution in [-0.4, -0.2) is 40.7 Å². The van der Waals surface area contributed by atoms with Gasteiger partial charge in [-0.15, -0.1) is 0 Å². The molecule has 0 radical (unpaired) electrons. The summed E-state index contributed by atoms with van der Waals surface area (Å²) in [6.07, 6.45) is 1.10. The zero-order valence-electron chi connectivity index (χ0n) is 13.7. The minimum Gasteiger partial charge on any atom is -0.491 e. The largest absolute Gasteiger partial charge is 0.491 e. The van der Waals surface area contributed by atoms with Crippen molar-refractivity contribution in [3.8, 4) is 5.75 Å². The van der Waals surface area contributed by atoms with Gasteiger partial charge in [0.2, 0.25) is 0 Å². The molecule has 21 heavy (non-hydrogen) atoms. The number of carbonyl (C=O) groups is 1. The maximum atomic E-state index is 12.4. The van der Waals surface area contributed by atoms with Gasteiger partial charge in [-0.2, -0.15) is 0 Å². The number of rotatable bonds is 7. The Bertz CT molecular complexity index is 448. The summed E-state index contributed by atoms with van der Waals surface area (Å²) in [5.41, 5.74) is -0.289. The van der Waals surface area contributed by atoms with Crippen LogP contribution in [0, 0.1) is 0 Å². The summed E-state index contributed by atoms with van der Waals surface area (Å²) in [4.78, 5) is 14.1. The van der Waals surface area contributed by atoms with E-state index in [0.29, 0.717) is 18.7 Å². The Morgan fingerprint density at radius 3 is 2.29 bits per heavy atom. The second kappa shape index (κ2) is 7.46.